The number of carbonyl (C=O) groups excluding carboxylic acids is 1. The fraction of sp³-hybridized carbons (Fsp3) is 0.929. The second kappa shape index (κ2) is 4.97. The summed E-state index contributed by atoms with van der Waals surface area (Å²) in [5, 5.41) is 3.20. The van der Waals surface area contributed by atoms with Gasteiger partial charge < -0.3 is 10.2 Å². The molecule has 0 radical (unpaired) electrons. The SMILES string of the molecule is CNCCC1CCCCN1C(=O)C1CC1(C)C. The summed E-state index contributed by atoms with van der Waals surface area (Å²) in [6.07, 6.45) is 5.86. The van der Waals surface area contributed by atoms with Crippen LogP contribution in [0.1, 0.15) is 46.0 Å². The van der Waals surface area contributed by atoms with E-state index in [4.69, 9.17) is 0 Å². The molecular weight excluding hydrogens is 212 g/mol. The van der Waals surface area contributed by atoms with Gasteiger partial charge in [-0.05, 0) is 51.1 Å². The van der Waals surface area contributed by atoms with Crippen LogP contribution in [-0.2, 0) is 4.79 Å². The summed E-state index contributed by atoms with van der Waals surface area (Å²) in [6.45, 7) is 6.42. The molecule has 1 amide bonds. The van der Waals surface area contributed by atoms with Crippen molar-refractivity contribution in [3.05, 3.63) is 0 Å². The molecule has 3 heteroatoms. The number of amides is 1. The average molecular weight is 238 g/mol. The molecule has 98 valence electrons. The van der Waals surface area contributed by atoms with Crippen LogP contribution in [0, 0.1) is 11.3 Å². The van der Waals surface area contributed by atoms with Gasteiger partial charge in [-0.15, -0.1) is 0 Å². The number of piperidine rings is 1. The summed E-state index contributed by atoms with van der Waals surface area (Å²) in [5.74, 6) is 0.730. The first-order chi connectivity index (χ1) is 8.06. The number of hydrogen-bond acceptors (Lipinski definition) is 2. The van der Waals surface area contributed by atoms with Crippen molar-refractivity contribution in [1.29, 1.82) is 0 Å². The maximum absolute atomic E-state index is 12.5. The van der Waals surface area contributed by atoms with E-state index in [1.807, 2.05) is 7.05 Å². The average Bonchev–Trinajstić information content (AvgIpc) is 2.95. The maximum Gasteiger partial charge on any atom is 0.226 e. The van der Waals surface area contributed by atoms with E-state index in [2.05, 4.69) is 24.1 Å². The molecule has 0 spiro atoms. The molecular formula is C14H26N2O. The van der Waals surface area contributed by atoms with E-state index < -0.39 is 0 Å². The molecule has 1 saturated carbocycles. The van der Waals surface area contributed by atoms with Gasteiger partial charge in [0.05, 0.1) is 0 Å². The normalized spacial score (nSPS) is 31.4. The zero-order valence-corrected chi connectivity index (χ0v) is 11.5. The Bertz CT molecular complexity index is 288. The van der Waals surface area contributed by atoms with E-state index in [9.17, 15) is 4.79 Å². The van der Waals surface area contributed by atoms with Crippen LogP contribution in [0.15, 0.2) is 0 Å². The van der Waals surface area contributed by atoms with Gasteiger partial charge >= 0.3 is 0 Å². The molecule has 1 aliphatic carbocycles. The molecule has 2 unspecified atom stereocenters. The second-order valence-corrected chi connectivity index (χ2v) is 6.32. The third kappa shape index (κ3) is 2.82. The molecule has 1 saturated heterocycles. The smallest absolute Gasteiger partial charge is 0.226 e. The predicted octanol–water partition coefficient (Wildman–Crippen LogP) is 2.02. The summed E-state index contributed by atoms with van der Waals surface area (Å²) in [7, 11) is 1.99. The van der Waals surface area contributed by atoms with E-state index in [1.165, 1.54) is 19.3 Å². The first-order valence-electron chi connectivity index (χ1n) is 7.01. The van der Waals surface area contributed by atoms with E-state index >= 15 is 0 Å². The first-order valence-corrected chi connectivity index (χ1v) is 7.01. The third-order valence-corrected chi connectivity index (χ3v) is 4.45. The molecule has 0 bridgehead atoms. The van der Waals surface area contributed by atoms with Crippen molar-refractivity contribution in [3.8, 4) is 0 Å². The molecule has 1 heterocycles. The predicted molar refractivity (Wildman–Crippen MR) is 69.8 cm³/mol. The number of nitrogens with zero attached hydrogens (tertiary/aromatic N) is 1. The number of likely N-dealkylation sites (tertiary alicyclic amines) is 1. The van der Waals surface area contributed by atoms with Gasteiger partial charge in [-0.25, -0.2) is 0 Å². The molecule has 2 atom stereocenters. The third-order valence-electron chi connectivity index (χ3n) is 4.45. The van der Waals surface area contributed by atoms with Gasteiger partial charge in [-0.2, -0.15) is 0 Å². The molecule has 0 aromatic carbocycles. The number of nitrogens with one attached hydrogen (secondary N) is 1. The summed E-state index contributed by atoms with van der Waals surface area (Å²) in [6, 6.07) is 0.486. The Morgan fingerprint density at radius 2 is 2.12 bits per heavy atom. The molecule has 0 aromatic rings. The largest absolute Gasteiger partial charge is 0.339 e. The van der Waals surface area contributed by atoms with Gasteiger partial charge in [-0.3, -0.25) is 4.79 Å². The Balaban J connectivity index is 1.94. The summed E-state index contributed by atoms with van der Waals surface area (Å²) < 4.78 is 0. The van der Waals surface area contributed by atoms with Crippen molar-refractivity contribution in [2.75, 3.05) is 20.1 Å². The van der Waals surface area contributed by atoms with E-state index in [1.54, 1.807) is 0 Å². The van der Waals surface area contributed by atoms with Crippen molar-refractivity contribution in [3.63, 3.8) is 0 Å². The second-order valence-electron chi connectivity index (χ2n) is 6.32. The van der Waals surface area contributed by atoms with Gasteiger partial charge in [0.25, 0.3) is 0 Å². The number of carbonyl (C=O) groups is 1. The van der Waals surface area contributed by atoms with Gasteiger partial charge in [0, 0.05) is 18.5 Å². The van der Waals surface area contributed by atoms with Gasteiger partial charge in [0.15, 0.2) is 0 Å². The molecule has 17 heavy (non-hydrogen) atoms. The van der Waals surface area contributed by atoms with Crippen LogP contribution in [-0.4, -0.2) is 37.0 Å². The Morgan fingerprint density at radius 1 is 1.41 bits per heavy atom. The minimum Gasteiger partial charge on any atom is -0.339 e. The van der Waals surface area contributed by atoms with Crippen LogP contribution < -0.4 is 5.32 Å². The monoisotopic (exact) mass is 238 g/mol. The fourth-order valence-corrected chi connectivity index (χ4v) is 2.99. The summed E-state index contributed by atoms with van der Waals surface area (Å²) in [4.78, 5) is 14.6. The Morgan fingerprint density at radius 3 is 2.71 bits per heavy atom. The first kappa shape index (κ1) is 12.9. The van der Waals surface area contributed by atoms with Crippen molar-refractivity contribution in [1.82, 2.24) is 10.2 Å². The van der Waals surface area contributed by atoms with Crippen molar-refractivity contribution in [2.24, 2.45) is 11.3 Å². The van der Waals surface area contributed by atoms with E-state index in [0.29, 0.717) is 17.9 Å². The quantitative estimate of drug-likeness (QED) is 0.812. The lowest BCUT2D eigenvalue weighted by molar-refractivity contribution is -0.137. The minimum absolute atomic E-state index is 0.266. The molecule has 2 aliphatic rings. The minimum atomic E-state index is 0.266. The Hall–Kier alpha value is -0.570. The zero-order valence-electron chi connectivity index (χ0n) is 11.5. The molecule has 3 nitrogen and oxygen atoms in total. The number of rotatable bonds is 4. The van der Waals surface area contributed by atoms with Gasteiger partial charge in [-0.1, -0.05) is 13.8 Å². The van der Waals surface area contributed by atoms with Crippen molar-refractivity contribution in [2.45, 2.75) is 52.0 Å². The van der Waals surface area contributed by atoms with Gasteiger partial charge in [0.2, 0.25) is 5.91 Å². The molecule has 2 fully saturated rings. The lowest BCUT2D eigenvalue weighted by Crippen LogP contribution is -2.46. The topological polar surface area (TPSA) is 32.3 Å². The highest BCUT2D eigenvalue weighted by Gasteiger charge is 2.52. The summed E-state index contributed by atoms with van der Waals surface area (Å²) >= 11 is 0. The fourth-order valence-electron chi connectivity index (χ4n) is 2.99. The zero-order chi connectivity index (χ0) is 12.5. The molecule has 0 aromatic heterocycles. The van der Waals surface area contributed by atoms with Crippen LogP contribution in [0.2, 0.25) is 0 Å². The Kier molecular flexibility index (Phi) is 3.76. The highest BCUT2D eigenvalue weighted by molar-refractivity contribution is 5.82. The van der Waals surface area contributed by atoms with E-state index in [0.717, 1.165) is 25.9 Å². The standard InChI is InChI=1S/C14H26N2O/c1-14(2)10-12(14)13(17)16-9-5-4-6-11(16)7-8-15-3/h11-12,15H,4-10H2,1-3H3. The van der Waals surface area contributed by atoms with Crippen LogP contribution in [0.25, 0.3) is 0 Å². The Labute approximate surface area is 105 Å². The lowest BCUT2D eigenvalue weighted by atomic mass is 9.98. The van der Waals surface area contributed by atoms with Crippen LogP contribution in [0.5, 0.6) is 0 Å². The van der Waals surface area contributed by atoms with E-state index in [-0.39, 0.29) is 5.41 Å². The molecule has 2 rings (SSSR count). The van der Waals surface area contributed by atoms with Gasteiger partial charge in [0.1, 0.15) is 0 Å². The highest BCUT2D eigenvalue weighted by atomic mass is 16.2. The summed E-state index contributed by atoms with van der Waals surface area (Å²) in [5.41, 5.74) is 0.266. The molecule has 1 N–H and O–H groups in total. The highest BCUT2D eigenvalue weighted by Crippen LogP contribution is 2.52. The van der Waals surface area contributed by atoms with Crippen molar-refractivity contribution < 1.29 is 4.79 Å². The van der Waals surface area contributed by atoms with Crippen molar-refractivity contribution >= 4 is 5.91 Å². The lowest BCUT2D eigenvalue weighted by Gasteiger charge is -2.36. The molecule has 1 aliphatic heterocycles. The van der Waals surface area contributed by atoms with Crippen LogP contribution >= 0.6 is 0 Å². The maximum atomic E-state index is 12.5. The van der Waals surface area contributed by atoms with Crippen LogP contribution in [0.4, 0.5) is 0 Å². The number of hydrogen-bond donors (Lipinski definition) is 1. The van der Waals surface area contributed by atoms with Crippen LogP contribution in [0.3, 0.4) is 0 Å².